The van der Waals surface area contributed by atoms with Crippen LogP contribution in [0.2, 0.25) is 0 Å². The van der Waals surface area contributed by atoms with Gasteiger partial charge in [0.25, 0.3) is 5.56 Å². The molecule has 1 atom stereocenters. The Morgan fingerprint density at radius 2 is 2.23 bits per heavy atom. The second-order valence-corrected chi connectivity index (χ2v) is 3.01. The van der Waals surface area contributed by atoms with Crippen molar-refractivity contribution >= 4 is 5.69 Å². The first-order chi connectivity index (χ1) is 6.06. The van der Waals surface area contributed by atoms with E-state index in [-0.39, 0.29) is 11.7 Å². The number of anilines is 1. The lowest BCUT2D eigenvalue weighted by atomic mass is 10.2. The van der Waals surface area contributed by atoms with Crippen molar-refractivity contribution in [3.63, 3.8) is 0 Å². The monoisotopic (exact) mass is 183 g/mol. The molecule has 13 heavy (non-hydrogen) atoms. The zero-order valence-corrected chi connectivity index (χ0v) is 7.70. The zero-order chi connectivity index (χ0) is 10.0. The SMILES string of the molecule is CCC(C)n1cc(N)c(=O)[nH]c1=O. The fourth-order valence-electron chi connectivity index (χ4n) is 1.03. The van der Waals surface area contributed by atoms with Crippen LogP contribution in [0, 0.1) is 0 Å². The molecule has 72 valence electrons. The minimum Gasteiger partial charge on any atom is -0.393 e. The van der Waals surface area contributed by atoms with Gasteiger partial charge in [-0.05, 0) is 13.3 Å². The molecule has 0 aliphatic heterocycles. The lowest BCUT2D eigenvalue weighted by Crippen LogP contribution is -2.32. The van der Waals surface area contributed by atoms with Gasteiger partial charge in [-0.1, -0.05) is 6.92 Å². The van der Waals surface area contributed by atoms with Gasteiger partial charge in [0, 0.05) is 12.2 Å². The van der Waals surface area contributed by atoms with Crippen molar-refractivity contribution in [2.24, 2.45) is 0 Å². The average molecular weight is 183 g/mol. The largest absolute Gasteiger partial charge is 0.393 e. The Hall–Kier alpha value is -1.52. The van der Waals surface area contributed by atoms with Crippen molar-refractivity contribution in [2.75, 3.05) is 5.73 Å². The Morgan fingerprint density at radius 1 is 1.62 bits per heavy atom. The number of rotatable bonds is 2. The quantitative estimate of drug-likeness (QED) is 0.681. The summed E-state index contributed by atoms with van der Waals surface area (Å²) >= 11 is 0. The summed E-state index contributed by atoms with van der Waals surface area (Å²) in [6.07, 6.45) is 2.20. The second kappa shape index (κ2) is 3.47. The summed E-state index contributed by atoms with van der Waals surface area (Å²) in [5, 5.41) is 0. The topological polar surface area (TPSA) is 80.9 Å². The van der Waals surface area contributed by atoms with E-state index in [2.05, 4.69) is 4.98 Å². The first-order valence-corrected chi connectivity index (χ1v) is 4.17. The zero-order valence-electron chi connectivity index (χ0n) is 7.70. The van der Waals surface area contributed by atoms with Gasteiger partial charge in [-0.25, -0.2) is 4.79 Å². The molecule has 0 aliphatic carbocycles. The van der Waals surface area contributed by atoms with Crippen LogP contribution in [0.25, 0.3) is 0 Å². The van der Waals surface area contributed by atoms with Gasteiger partial charge in [0.2, 0.25) is 0 Å². The van der Waals surface area contributed by atoms with Crippen molar-refractivity contribution in [1.82, 2.24) is 9.55 Å². The maximum absolute atomic E-state index is 11.2. The number of aromatic amines is 1. The molecule has 1 aromatic rings. The maximum atomic E-state index is 11.2. The summed E-state index contributed by atoms with van der Waals surface area (Å²) in [7, 11) is 0. The number of hydrogen-bond donors (Lipinski definition) is 2. The molecule has 1 aromatic heterocycles. The molecule has 0 radical (unpaired) electrons. The Kier molecular flexibility index (Phi) is 2.55. The van der Waals surface area contributed by atoms with Gasteiger partial charge < -0.3 is 5.73 Å². The smallest absolute Gasteiger partial charge is 0.328 e. The van der Waals surface area contributed by atoms with Crippen LogP contribution in [-0.2, 0) is 0 Å². The fraction of sp³-hybridized carbons (Fsp3) is 0.500. The Bertz CT molecular complexity index is 405. The Morgan fingerprint density at radius 3 is 2.77 bits per heavy atom. The highest BCUT2D eigenvalue weighted by atomic mass is 16.2. The van der Waals surface area contributed by atoms with Gasteiger partial charge >= 0.3 is 5.69 Å². The van der Waals surface area contributed by atoms with E-state index < -0.39 is 11.2 Å². The van der Waals surface area contributed by atoms with Crippen LogP contribution in [-0.4, -0.2) is 9.55 Å². The van der Waals surface area contributed by atoms with E-state index in [4.69, 9.17) is 5.73 Å². The molecule has 0 amide bonds. The highest BCUT2D eigenvalue weighted by Crippen LogP contribution is 2.05. The van der Waals surface area contributed by atoms with Crippen molar-refractivity contribution in [3.8, 4) is 0 Å². The average Bonchev–Trinajstić information content (AvgIpc) is 2.10. The third kappa shape index (κ3) is 1.80. The van der Waals surface area contributed by atoms with Crippen LogP contribution < -0.4 is 17.0 Å². The molecular formula is C8H13N3O2. The van der Waals surface area contributed by atoms with Crippen molar-refractivity contribution in [3.05, 3.63) is 27.0 Å². The van der Waals surface area contributed by atoms with E-state index in [0.29, 0.717) is 0 Å². The third-order valence-electron chi connectivity index (χ3n) is 2.06. The molecule has 3 N–H and O–H groups in total. The Labute approximate surface area is 75.2 Å². The molecule has 0 aliphatic rings. The van der Waals surface area contributed by atoms with Gasteiger partial charge in [0.1, 0.15) is 5.69 Å². The normalized spacial score (nSPS) is 12.8. The highest BCUT2D eigenvalue weighted by Gasteiger charge is 2.06. The molecule has 0 saturated heterocycles. The molecule has 1 unspecified atom stereocenters. The molecule has 5 nitrogen and oxygen atoms in total. The number of aromatic nitrogens is 2. The van der Waals surface area contributed by atoms with Crippen LogP contribution in [0.3, 0.4) is 0 Å². The number of nitrogens with one attached hydrogen (secondary N) is 1. The van der Waals surface area contributed by atoms with Gasteiger partial charge in [-0.3, -0.25) is 14.3 Å². The summed E-state index contributed by atoms with van der Waals surface area (Å²) in [4.78, 5) is 24.3. The van der Waals surface area contributed by atoms with Gasteiger partial charge in [-0.15, -0.1) is 0 Å². The van der Waals surface area contributed by atoms with Gasteiger partial charge in [-0.2, -0.15) is 0 Å². The van der Waals surface area contributed by atoms with Crippen molar-refractivity contribution in [1.29, 1.82) is 0 Å². The van der Waals surface area contributed by atoms with Crippen molar-refractivity contribution < 1.29 is 0 Å². The van der Waals surface area contributed by atoms with Gasteiger partial charge in [0.15, 0.2) is 0 Å². The van der Waals surface area contributed by atoms with E-state index >= 15 is 0 Å². The molecule has 5 heteroatoms. The summed E-state index contributed by atoms with van der Waals surface area (Å²) in [6.45, 7) is 3.84. The molecular weight excluding hydrogens is 170 g/mol. The van der Waals surface area contributed by atoms with Crippen LogP contribution in [0.5, 0.6) is 0 Å². The second-order valence-electron chi connectivity index (χ2n) is 3.01. The van der Waals surface area contributed by atoms with E-state index in [1.54, 1.807) is 0 Å². The number of nitrogens with zero attached hydrogens (tertiary/aromatic N) is 1. The highest BCUT2D eigenvalue weighted by molar-refractivity contribution is 5.30. The van der Waals surface area contributed by atoms with E-state index in [0.717, 1.165) is 6.42 Å². The number of nitrogen functional groups attached to an aromatic ring is 1. The predicted octanol–water partition coefficient (Wildman–Crippen LogP) is 0.0898. The molecule has 1 heterocycles. The first-order valence-electron chi connectivity index (χ1n) is 4.17. The van der Waals surface area contributed by atoms with E-state index in [9.17, 15) is 9.59 Å². The summed E-state index contributed by atoms with van der Waals surface area (Å²) in [5.41, 5.74) is 4.52. The summed E-state index contributed by atoms with van der Waals surface area (Å²) in [6, 6.07) is 0.0478. The minimum atomic E-state index is -0.524. The maximum Gasteiger partial charge on any atom is 0.328 e. The predicted molar refractivity (Wildman–Crippen MR) is 50.7 cm³/mol. The van der Waals surface area contributed by atoms with Crippen molar-refractivity contribution in [2.45, 2.75) is 26.3 Å². The Balaban J connectivity index is 3.32. The van der Waals surface area contributed by atoms with Crippen LogP contribution in [0.15, 0.2) is 15.8 Å². The molecule has 0 aromatic carbocycles. The number of hydrogen-bond acceptors (Lipinski definition) is 3. The first kappa shape index (κ1) is 9.57. The molecule has 0 spiro atoms. The number of H-pyrrole nitrogens is 1. The molecule has 0 fully saturated rings. The summed E-state index contributed by atoms with van der Waals surface area (Å²) < 4.78 is 1.43. The van der Waals surface area contributed by atoms with Crippen LogP contribution >= 0.6 is 0 Å². The van der Waals surface area contributed by atoms with E-state index in [1.807, 2.05) is 13.8 Å². The molecule has 1 rings (SSSR count). The lowest BCUT2D eigenvalue weighted by molar-refractivity contribution is 0.503. The molecule has 0 saturated carbocycles. The fourth-order valence-corrected chi connectivity index (χ4v) is 1.03. The lowest BCUT2D eigenvalue weighted by Gasteiger charge is -2.11. The van der Waals surface area contributed by atoms with Crippen LogP contribution in [0.1, 0.15) is 26.3 Å². The molecule has 0 bridgehead atoms. The van der Waals surface area contributed by atoms with E-state index in [1.165, 1.54) is 10.8 Å². The third-order valence-corrected chi connectivity index (χ3v) is 2.06. The number of nitrogens with two attached hydrogens (primary N) is 1. The van der Waals surface area contributed by atoms with Gasteiger partial charge in [0.05, 0.1) is 0 Å². The van der Waals surface area contributed by atoms with Crippen LogP contribution in [0.4, 0.5) is 5.69 Å². The standard InChI is InChI=1S/C8H13N3O2/c1-3-5(2)11-4-6(9)7(12)10-8(11)13/h4-5H,3,9H2,1-2H3,(H,10,12,13). The summed E-state index contributed by atoms with van der Waals surface area (Å²) in [5.74, 6) is 0. The minimum absolute atomic E-state index is 0.0478.